The van der Waals surface area contributed by atoms with Gasteiger partial charge in [0.05, 0.1) is 19.6 Å². The van der Waals surface area contributed by atoms with Crippen LogP contribution < -0.4 is 5.32 Å². The molecular formula is C17H21N3O4. The van der Waals surface area contributed by atoms with Gasteiger partial charge in [0, 0.05) is 19.6 Å². The summed E-state index contributed by atoms with van der Waals surface area (Å²) in [6.07, 6.45) is 0.608. The molecule has 1 aromatic rings. The van der Waals surface area contributed by atoms with Crippen molar-refractivity contribution in [2.45, 2.75) is 18.9 Å². The summed E-state index contributed by atoms with van der Waals surface area (Å²) in [4.78, 5) is 39.5. The molecule has 1 atom stereocenters. The standard InChI is InChI=1S/C17H21N3O4/c21-15(19-8-10-24-11-9-19)12-14-16(22)20(17(23)18-14)7-6-13-4-2-1-3-5-13/h1-5,14H,6-12H2,(H,18,23)/t14-/m1/s1. The van der Waals surface area contributed by atoms with E-state index < -0.39 is 12.1 Å². The van der Waals surface area contributed by atoms with Crippen LogP contribution in [-0.2, 0) is 20.7 Å². The Balaban J connectivity index is 1.54. The van der Waals surface area contributed by atoms with Crippen molar-refractivity contribution < 1.29 is 19.1 Å². The molecule has 0 bridgehead atoms. The number of hydrogen-bond donors (Lipinski definition) is 1. The summed E-state index contributed by atoms with van der Waals surface area (Å²) in [5.41, 5.74) is 1.06. The van der Waals surface area contributed by atoms with E-state index in [0.717, 1.165) is 5.56 Å². The number of carbonyl (C=O) groups is 3. The van der Waals surface area contributed by atoms with Crippen LogP contribution in [-0.4, -0.2) is 66.5 Å². The molecule has 4 amide bonds. The van der Waals surface area contributed by atoms with Crippen molar-refractivity contribution in [1.29, 1.82) is 0 Å². The molecule has 7 nitrogen and oxygen atoms in total. The van der Waals surface area contributed by atoms with Gasteiger partial charge in [-0.15, -0.1) is 0 Å². The zero-order valence-electron chi connectivity index (χ0n) is 13.4. The monoisotopic (exact) mass is 331 g/mol. The largest absolute Gasteiger partial charge is 0.378 e. The second-order valence-corrected chi connectivity index (χ2v) is 5.92. The summed E-state index contributed by atoms with van der Waals surface area (Å²) < 4.78 is 5.21. The van der Waals surface area contributed by atoms with E-state index in [1.165, 1.54) is 4.90 Å². The van der Waals surface area contributed by atoms with E-state index in [4.69, 9.17) is 4.74 Å². The first-order valence-electron chi connectivity index (χ1n) is 8.16. The van der Waals surface area contributed by atoms with E-state index in [-0.39, 0.29) is 18.2 Å². The Morgan fingerprint density at radius 2 is 1.88 bits per heavy atom. The average Bonchev–Trinajstić information content (AvgIpc) is 2.88. The fraction of sp³-hybridized carbons (Fsp3) is 0.471. The predicted octanol–water partition coefficient (Wildman–Crippen LogP) is 0.398. The van der Waals surface area contributed by atoms with Gasteiger partial charge in [0.15, 0.2) is 0 Å². The molecule has 2 fully saturated rings. The third kappa shape index (κ3) is 3.73. The Labute approximate surface area is 140 Å². The van der Waals surface area contributed by atoms with Gasteiger partial charge in [0.2, 0.25) is 5.91 Å². The summed E-state index contributed by atoms with van der Waals surface area (Å²) in [6.45, 7) is 2.41. The van der Waals surface area contributed by atoms with E-state index in [2.05, 4.69) is 5.32 Å². The normalized spacial score (nSPS) is 21.1. The highest BCUT2D eigenvalue weighted by Gasteiger charge is 2.39. The van der Waals surface area contributed by atoms with Gasteiger partial charge in [-0.25, -0.2) is 4.79 Å². The van der Waals surface area contributed by atoms with Crippen molar-refractivity contribution in [2.75, 3.05) is 32.8 Å². The maximum atomic E-state index is 12.4. The second kappa shape index (κ2) is 7.44. The molecule has 24 heavy (non-hydrogen) atoms. The molecule has 0 saturated carbocycles. The molecule has 2 saturated heterocycles. The number of imide groups is 1. The number of rotatable bonds is 5. The fourth-order valence-electron chi connectivity index (χ4n) is 2.93. The first-order valence-corrected chi connectivity index (χ1v) is 8.16. The zero-order chi connectivity index (χ0) is 16.9. The lowest BCUT2D eigenvalue weighted by Crippen LogP contribution is -2.44. The Hall–Kier alpha value is -2.41. The summed E-state index contributed by atoms with van der Waals surface area (Å²) >= 11 is 0. The zero-order valence-corrected chi connectivity index (χ0v) is 13.4. The minimum atomic E-state index is -0.761. The SMILES string of the molecule is O=C(C[C@H]1NC(=O)N(CCc2ccccc2)C1=O)N1CCOCC1. The summed E-state index contributed by atoms with van der Waals surface area (Å²) in [5.74, 6) is -0.445. The highest BCUT2D eigenvalue weighted by molar-refractivity contribution is 6.05. The smallest absolute Gasteiger partial charge is 0.324 e. The van der Waals surface area contributed by atoms with Crippen LogP contribution in [0.1, 0.15) is 12.0 Å². The van der Waals surface area contributed by atoms with E-state index >= 15 is 0 Å². The summed E-state index contributed by atoms with van der Waals surface area (Å²) in [7, 11) is 0. The minimum Gasteiger partial charge on any atom is -0.378 e. The number of benzene rings is 1. The number of urea groups is 1. The van der Waals surface area contributed by atoms with Crippen molar-refractivity contribution in [1.82, 2.24) is 15.1 Å². The van der Waals surface area contributed by atoms with Gasteiger partial charge >= 0.3 is 6.03 Å². The van der Waals surface area contributed by atoms with Gasteiger partial charge in [-0.1, -0.05) is 30.3 Å². The maximum absolute atomic E-state index is 12.4. The van der Waals surface area contributed by atoms with Crippen LogP contribution in [0.5, 0.6) is 0 Å². The summed E-state index contributed by atoms with van der Waals surface area (Å²) in [5, 5.41) is 2.62. The van der Waals surface area contributed by atoms with Crippen LogP contribution in [0.4, 0.5) is 4.79 Å². The van der Waals surface area contributed by atoms with Gasteiger partial charge in [0.25, 0.3) is 5.91 Å². The number of nitrogens with one attached hydrogen (secondary N) is 1. The Bertz CT molecular complexity index is 614. The molecular weight excluding hydrogens is 310 g/mol. The van der Waals surface area contributed by atoms with E-state index in [9.17, 15) is 14.4 Å². The van der Waals surface area contributed by atoms with Crippen molar-refractivity contribution >= 4 is 17.8 Å². The van der Waals surface area contributed by atoms with Gasteiger partial charge in [-0.2, -0.15) is 0 Å². The fourth-order valence-corrected chi connectivity index (χ4v) is 2.93. The number of morpholine rings is 1. The van der Waals surface area contributed by atoms with Crippen LogP contribution in [0.3, 0.4) is 0 Å². The lowest BCUT2D eigenvalue weighted by atomic mass is 10.1. The minimum absolute atomic E-state index is 0.00636. The highest BCUT2D eigenvalue weighted by Crippen LogP contribution is 2.13. The van der Waals surface area contributed by atoms with E-state index in [1.54, 1.807) is 4.90 Å². The molecule has 0 unspecified atom stereocenters. The Morgan fingerprint density at radius 1 is 1.17 bits per heavy atom. The van der Waals surface area contributed by atoms with Crippen molar-refractivity contribution in [3.8, 4) is 0 Å². The molecule has 2 aliphatic heterocycles. The lowest BCUT2D eigenvalue weighted by molar-refractivity contribution is -0.138. The molecule has 7 heteroatoms. The molecule has 2 heterocycles. The first-order chi connectivity index (χ1) is 11.6. The number of hydrogen-bond acceptors (Lipinski definition) is 4. The van der Waals surface area contributed by atoms with Crippen LogP contribution in [0.2, 0.25) is 0 Å². The topological polar surface area (TPSA) is 79.0 Å². The molecule has 0 radical (unpaired) electrons. The number of ether oxygens (including phenoxy) is 1. The Morgan fingerprint density at radius 3 is 2.58 bits per heavy atom. The molecule has 128 valence electrons. The van der Waals surface area contributed by atoms with Crippen LogP contribution in [0.25, 0.3) is 0 Å². The lowest BCUT2D eigenvalue weighted by Gasteiger charge is -2.27. The highest BCUT2D eigenvalue weighted by atomic mass is 16.5. The van der Waals surface area contributed by atoms with Crippen LogP contribution in [0, 0.1) is 0 Å². The molecule has 3 rings (SSSR count). The molecule has 2 aliphatic rings. The molecule has 0 aliphatic carbocycles. The van der Waals surface area contributed by atoms with Crippen molar-refractivity contribution in [2.24, 2.45) is 0 Å². The molecule has 0 spiro atoms. The third-order valence-electron chi connectivity index (χ3n) is 4.32. The summed E-state index contributed by atoms with van der Waals surface area (Å²) in [6, 6.07) is 8.50. The first kappa shape index (κ1) is 16.4. The molecule has 1 N–H and O–H groups in total. The van der Waals surface area contributed by atoms with Crippen LogP contribution >= 0.6 is 0 Å². The predicted molar refractivity (Wildman–Crippen MR) is 86.2 cm³/mol. The van der Waals surface area contributed by atoms with Gasteiger partial charge in [-0.05, 0) is 12.0 Å². The van der Waals surface area contributed by atoms with E-state index in [0.29, 0.717) is 39.3 Å². The van der Waals surface area contributed by atoms with Gasteiger partial charge < -0.3 is 15.0 Å². The van der Waals surface area contributed by atoms with Gasteiger partial charge in [-0.3, -0.25) is 14.5 Å². The van der Waals surface area contributed by atoms with Crippen molar-refractivity contribution in [3.05, 3.63) is 35.9 Å². The average molecular weight is 331 g/mol. The molecule has 1 aromatic carbocycles. The van der Waals surface area contributed by atoms with E-state index in [1.807, 2.05) is 30.3 Å². The Kier molecular flexibility index (Phi) is 5.10. The van der Waals surface area contributed by atoms with Crippen molar-refractivity contribution in [3.63, 3.8) is 0 Å². The van der Waals surface area contributed by atoms with Crippen LogP contribution in [0.15, 0.2) is 30.3 Å². The maximum Gasteiger partial charge on any atom is 0.324 e. The number of carbonyl (C=O) groups excluding carboxylic acids is 3. The third-order valence-corrected chi connectivity index (χ3v) is 4.32. The number of nitrogens with zero attached hydrogens (tertiary/aromatic N) is 2. The second-order valence-electron chi connectivity index (χ2n) is 5.92. The molecule has 0 aromatic heterocycles. The number of amides is 4. The van der Waals surface area contributed by atoms with Gasteiger partial charge in [0.1, 0.15) is 6.04 Å². The quantitative estimate of drug-likeness (QED) is 0.792.